The number of hydrogen-bond donors (Lipinski definition) is 0. The van der Waals surface area contributed by atoms with E-state index in [-0.39, 0.29) is 5.56 Å². The molecule has 3 aromatic rings. The lowest BCUT2D eigenvalue weighted by molar-refractivity contribution is 0.0775. The Morgan fingerprint density at radius 1 is 1.00 bits per heavy atom. The van der Waals surface area contributed by atoms with Crippen LogP contribution in [0, 0.1) is 13.8 Å². The van der Waals surface area contributed by atoms with Crippen molar-refractivity contribution in [1.29, 1.82) is 0 Å². The van der Waals surface area contributed by atoms with Crippen LogP contribution in [0.2, 0.25) is 0 Å². The minimum absolute atomic E-state index is 0.0814. The lowest BCUT2D eigenvalue weighted by Crippen LogP contribution is -2.47. The van der Waals surface area contributed by atoms with E-state index in [9.17, 15) is 4.79 Å². The van der Waals surface area contributed by atoms with Crippen molar-refractivity contribution >= 4 is 0 Å². The Bertz CT molecular complexity index is 1140. The summed E-state index contributed by atoms with van der Waals surface area (Å²) in [5.74, 6) is 0.675. The van der Waals surface area contributed by atoms with E-state index in [4.69, 9.17) is 4.74 Å². The van der Waals surface area contributed by atoms with Crippen LogP contribution in [0.3, 0.4) is 0 Å². The van der Waals surface area contributed by atoms with Gasteiger partial charge in [-0.3, -0.25) is 19.3 Å². The topological polar surface area (TPSA) is 86.2 Å². The molecule has 0 unspecified atom stereocenters. The molecule has 32 heavy (non-hydrogen) atoms. The maximum Gasteiger partial charge on any atom is 0.266 e. The van der Waals surface area contributed by atoms with E-state index in [0.29, 0.717) is 19.0 Å². The van der Waals surface area contributed by atoms with Gasteiger partial charge in [0.05, 0.1) is 43.9 Å². The fourth-order valence-electron chi connectivity index (χ4n) is 4.48. The standard InChI is InChI=1S/C22H30N8O2/c1-17-13-18(2)30(24-17)21-3-4-22(31)29(25-21)10-9-26-5-7-27(8-6-26)15-19-14-23-28-11-12-32-16-20(19)28/h3-4,13-14H,5-12,15-16H2,1-2H3. The molecule has 0 aliphatic carbocycles. The second kappa shape index (κ2) is 8.97. The second-order valence-electron chi connectivity index (χ2n) is 8.60. The molecule has 1 fully saturated rings. The van der Waals surface area contributed by atoms with Crippen LogP contribution in [0.15, 0.2) is 29.2 Å². The van der Waals surface area contributed by atoms with Crippen LogP contribution in [-0.4, -0.2) is 78.5 Å². The van der Waals surface area contributed by atoms with Crippen molar-refractivity contribution in [1.82, 2.24) is 39.1 Å². The van der Waals surface area contributed by atoms with E-state index in [2.05, 4.69) is 29.8 Å². The van der Waals surface area contributed by atoms with Gasteiger partial charge in [0, 0.05) is 56.6 Å². The summed E-state index contributed by atoms with van der Waals surface area (Å²) in [5.41, 5.74) is 4.34. The molecular formula is C22H30N8O2. The van der Waals surface area contributed by atoms with Crippen LogP contribution in [0.5, 0.6) is 0 Å². The number of rotatable bonds is 6. The molecule has 0 spiro atoms. The Kier molecular flexibility index (Phi) is 5.90. The highest BCUT2D eigenvalue weighted by Gasteiger charge is 2.21. The molecule has 10 nitrogen and oxygen atoms in total. The summed E-state index contributed by atoms with van der Waals surface area (Å²) in [6.07, 6.45) is 1.99. The Balaban J connectivity index is 1.16. The van der Waals surface area contributed by atoms with E-state index in [1.54, 1.807) is 21.5 Å². The van der Waals surface area contributed by atoms with Gasteiger partial charge in [-0.15, -0.1) is 5.10 Å². The third-order valence-electron chi connectivity index (χ3n) is 6.29. The van der Waals surface area contributed by atoms with Crippen LogP contribution in [0.1, 0.15) is 22.6 Å². The molecule has 2 aliphatic heterocycles. The van der Waals surface area contributed by atoms with Crippen LogP contribution in [-0.2, 0) is 31.0 Å². The first kappa shape index (κ1) is 21.0. The number of nitrogens with zero attached hydrogens (tertiary/aromatic N) is 8. The largest absolute Gasteiger partial charge is 0.373 e. The average Bonchev–Trinajstić information content (AvgIpc) is 3.36. The summed E-state index contributed by atoms with van der Waals surface area (Å²) in [5, 5.41) is 13.5. The molecule has 5 heterocycles. The van der Waals surface area contributed by atoms with Crippen molar-refractivity contribution in [3.8, 4) is 5.82 Å². The quantitative estimate of drug-likeness (QED) is 0.557. The Labute approximate surface area is 187 Å². The molecule has 0 bridgehead atoms. The molecule has 0 atom stereocenters. The maximum absolute atomic E-state index is 12.3. The first-order chi connectivity index (χ1) is 15.6. The maximum atomic E-state index is 12.3. The minimum atomic E-state index is -0.0814. The van der Waals surface area contributed by atoms with Gasteiger partial charge in [-0.2, -0.15) is 10.2 Å². The number of fused-ring (bicyclic) bond motifs is 1. The predicted octanol–water partition coefficient (Wildman–Crippen LogP) is 0.590. The lowest BCUT2D eigenvalue weighted by Gasteiger charge is -2.34. The monoisotopic (exact) mass is 438 g/mol. The molecule has 3 aromatic heterocycles. The van der Waals surface area contributed by atoms with Gasteiger partial charge in [0.25, 0.3) is 5.56 Å². The zero-order chi connectivity index (χ0) is 22.1. The predicted molar refractivity (Wildman–Crippen MR) is 119 cm³/mol. The number of piperazine rings is 1. The molecule has 0 saturated carbocycles. The summed E-state index contributed by atoms with van der Waals surface area (Å²) in [6, 6.07) is 5.31. The van der Waals surface area contributed by atoms with E-state index in [1.165, 1.54) is 11.3 Å². The summed E-state index contributed by atoms with van der Waals surface area (Å²) in [6.45, 7) is 12.4. The first-order valence-electron chi connectivity index (χ1n) is 11.2. The molecule has 1 saturated heterocycles. The minimum Gasteiger partial charge on any atom is -0.373 e. The molecule has 10 heteroatoms. The molecule has 2 aliphatic rings. The van der Waals surface area contributed by atoms with Crippen molar-refractivity contribution in [2.24, 2.45) is 0 Å². The van der Waals surface area contributed by atoms with E-state index >= 15 is 0 Å². The molecule has 0 radical (unpaired) electrons. The van der Waals surface area contributed by atoms with Crippen molar-refractivity contribution in [3.63, 3.8) is 0 Å². The molecule has 0 aromatic carbocycles. The Morgan fingerprint density at radius 3 is 2.59 bits per heavy atom. The highest BCUT2D eigenvalue weighted by molar-refractivity contribution is 5.23. The molecular weight excluding hydrogens is 408 g/mol. The second-order valence-corrected chi connectivity index (χ2v) is 8.60. The SMILES string of the molecule is Cc1cc(C)n(-c2ccc(=O)n(CCN3CCN(Cc4cnn5c4COCC5)CC3)n2)n1. The third-order valence-corrected chi connectivity index (χ3v) is 6.29. The van der Waals surface area contributed by atoms with E-state index in [1.807, 2.05) is 26.1 Å². The number of aromatic nitrogens is 6. The number of aryl methyl sites for hydroxylation is 2. The van der Waals surface area contributed by atoms with Crippen molar-refractivity contribution < 1.29 is 4.74 Å². The molecule has 0 N–H and O–H groups in total. The highest BCUT2D eigenvalue weighted by atomic mass is 16.5. The van der Waals surface area contributed by atoms with Gasteiger partial charge in [-0.05, 0) is 26.0 Å². The van der Waals surface area contributed by atoms with Gasteiger partial charge in [0.1, 0.15) is 0 Å². The molecule has 5 rings (SSSR count). The fraction of sp³-hybridized carbons (Fsp3) is 0.545. The highest BCUT2D eigenvalue weighted by Crippen LogP contribution is 2.17. The van der Waals surface area contributed by atoms with Gasteiger partial charge in [0.15, 0.2) is 5.82 Å². The van der Waals surface area contributed by atoms with Crippen LogP contribution in [0.4, 0.5) is 0 Å². The van der Waals surface area contributed by atoms with E-state index < -0.39 is 0 Å². The summed E-state index contributed by atoms with van der Waals surface area (Å²) in [7, 11) is 0. The zero-order valence-corrected chi connectivity index (χ0v) is 18.8. The fourth-order valence-corrected chi connectivity index (χ4v) is 4.48. The van der Waals surface area contributed by atoms with Gasteiger partial charge < -0.3 is 4.74 Å². The van der Waals surface area contributed by atoms with Crippen LogP contribution >= 0.6 is 0 Å². The Morgan fingerprint density at radius 2 is 1.81 bits per heavy atom. The van der Waals surface area contributed by atoms with Crippen molar-refractivity contribution in [3.05, 3.63) is 57.4 Å². The first-order valence-corrected chi connectivity index (χ1v) is 11.2. The molecule has 0 amide bonds. The number of ether oxygens (including phenoxy) is 1. The van der Waals surface area contributed by atoms with Gasteiger partial charge >= 0.3 is 0 Å². The smallest absolute Gasteiger partial charge is 0.266 e. The third kappa shape index (κ3) is 4.38. The number of hydrogen-bond acceptors (Lipinski definition) is 7. The van der Waals surface area contributed by atoms with Crippen LogP contribution < -0.4 is 5.56 Å². The van der Waals surface area contributed by atoms with Gasteiger partial charge in [-0.1, -0.05) is 0 Å². The lowest BCUT2D eigenvalue weighted by atomic mass is 10.2. The van der Waals surface area contributed by atoms with Crippen molar-refractivity contribution in [2.75, 3.05) is 39.3 Å². The normalized spacial score (nSPS) is 17.6. The summed E-state index contributed by atoms with van der Waals surface area (Å²) < 4.78 is 11.0. The van der Waals surface area contributed by atoms with Gasteiger partial charge in [0.2, 0.25) is 0 Å². The van der Waals surface area contributed by atoms with Crippen molar-refractivity contribution in [2.45, 2.75) is 40.1 Å². The zero-order valence-electron chi connectivity index (χ0n) is 18.8. The van der Waals surface area contributed by atoms with Crippen LogP contribution in [0.25, 0.3) is 5.82 Å². The summed E-state index contributed by atoms with van der Waals surface area (Å²) >= 11 is 0. The van der Waals surface area contributed by atoms with E-state index in [0.717, 1.165) is 63.8 Å². The summed E-state index contributed by atoms with van der Waals surface area (Å²) in [4.78, 5) is 17.2. The average molecular weight is 439 g/mol. The Hall–Kier alpha value is -2.82. The molecule has 170 valence electrons. The van der Waals surface area contributed by atoms with Gasteiger partial charge in [-0.25, -0.2) is 9.36 Å².